The van der Waals surface area contributed by atoms with Crippen molar-refractivity contribution in [2.75, 3.05) is 13.7 Å². The molecule has 0 aromatic heterocycles. The predicted molar refractivity (Wildman–Crippen MR) is 76.9 cm³/mol. The number of carbonyl (C=O) groups is 1. The van der Waals surface area contributed by atoms with Gasteiger partial charge in [0.1, 0.15) is 5.75 Å². The number of rotatable bonds is 5. The maximum Gasteiger partial charge on any atom is 0.315 e. The fourth-order valence-electron chi connectivity index (χ4n) is 2.65. The van der Waals surface area contributed by atoms with Crippen molar-refractivity contribution >= 4 is 6.03 Å². The van der Waals surface area contributed by atoms with Gasteiger partial charge in [-0.15, -0.1) is 0 Å². The largest absolute Gasteiger partial charge is 0.496 e. The lowest BCUT2D eigenvalue weighted by atomic mass is 10.1. The van der Waals surface area contributed by atoms with Crippen molar-refractivity contribution in [3.8, 4) is 5.75 Å². The van der Waals surface area contributed by atoms with Crippen molar-refractivity contribution in [3.05, 3.63) is 29.3 Å². The molecule has 1 unspecified atom stereocenters. The lowest BCUT2D eigenvalue weighted by Crippen LogP contribution is -2.42. The highest BCUT2D eigenvalue weighted by molar-refractivity contribution is 5.75. The quantitative estimate of drug-likeness (QED) is 0.768. The molecule has 20 heavy (non-hydrogen) atoms. The van der Waals surface area contributed by atoms with Crippen LogP contribution in [0.15, 0.2) is 18.2 Å². The van der Waals surface area contributed by atoms with Gasteiger partial charge in [-0.1, -0.05) is 12.1 Å². The summed E-state index contributed by atoms with van der Waals surface area (Å²) in [5.41, 5.74) is 2.32. The Morgan fingerprint density at radius 3 is 3.05 bits per heavy atom. The van der Waals surface area contributed by atoms with Gasteiger partial charge in [-0.3, -0.25) is 0 Å². The third-order valence-electron chi connectivity index (χ3n) is 3.69. The monoisotopic (exact) mass is 278 g/mol. The molecule has 0 aliphatic heterocycles. The molecule has 0 saturated carbocycles. The fourth-order valence-corrected chi connectivity index (χ4v) is 2.65. The molecule has 5 nitrogen and oxygen atoms in total. The molecule has 0 saturated heterocycles. The molecule has 0 radical (unpaired) electrons. The smallest absolute Gasteiger partial charge is 0.315 e. The molecule has 3 N–H and O–H groups in total. The van der Waals surface area contributed by atoms with Gasteiger partial charge in [0, 0.05) is 12.6 Å². The average Bonchev–Trinajstić information content (AvgIpc) is 2.82. The summed E-state index contributed by atoms with van der Waals surface area (Å²) in [6, 6.07) is 5.74. The molecule has 1 aromatic carbocycles. The van der Waals surface area contributed by atoms with Gasteiger partial charge < -0.3 is 20.5 Å². The number of nitrogens with one attached hydrogen (secondary N) is 2. The predicted octanol–water partition coefficient (Wildman–Crippen LogP) is 1.75. The molecule has 0 heterocycles. The molecule has 110 valence electrons. The van der Waals surface area contributed by atoms with Gasteiger partial charge in [0.2, 0.25) is 0 Å². The first-order chi connectivity index (χ1) is 9.65. The van der Waals surface area contributed by atoms with Gasteiger partial charge in [0.25, 0.3) is 0 Å². The van der Waals surface area contributed by atoms with E-state index in [1.54, 1.807) is 7.11 Å². The van der Waals surface area contributed by atoms with Gasteiger partial charge in [-0.25, -0.2) is 4.79 Å². The van der Waals surface area contributed by atoms with Crippen LogP contribution in [-0.2, 0) is 6.42 Å². The Balaban J connectivity index is 1.99. The second-order valence-electron chi connectivity index (χ2n) is 5.15. The Labute approximate surface area is 119 Å². The minimum Gasteiger partial charge on any atom is -0.496 e. The standard InChI is InChI=1S/C15H22N2O3/c1-10(8-9-18)16-15(19)17-13-7-6-12-11(13)4-3-5-14(12)20-2/h3-5,10,13,18H,6-9H2,1-2H3,(H2,16,17,19)/t10-,13?/m1/s1. The summed E-state index contributed by atoms with van der Waals surface area (Å²) in [4.78, 5) is 11.9. The Kier molecular flexibility index (Phi) is 4.84. The summed E-state index contributed by atoms with van der Waals surface area (Å²) in [6.45, 7) is 1.95. The van der Waals surface area contributed by atoms with E-state index in [1.165, 1.54) is 5.56 Å². The normalized spacial score (nSPS) is 18.2. The molecule has 1 aliphatic rings. The van der Waals surface area contributed by atoms with Gasteiger partial charge in [0.15, 0.2) is 0 Å². The van der Waals surface area contributed by atoms with Gasteiger partial charge >= 0.3 is 6.03 Å². The zero-order chi connectivity index (χ0) is 14.5. The van der Waals surface area contributed by atoms with Crippen LogP contribution in [0.3, 0.4) is 0 Å². The van der Waals surface area contributed by atoms with Gasteiger partial charge in [0.05, 0.1) is 13.2 Å². The van der Waals surface area contributed by atoms with E-state index in [0.717, 1.165) is 24.2 Å². The minimum atomic E-state index is -0.188. The van der Waals surface area contributed by atoms with Crippen LogP contribution in [0.25, 0.3) is 0 Å². The van der Waals surface area contributed by atoms with Crippen LogP contribution in [0.1, 0.15) is 36.9 Å². The summed E-state index contributed by atoms with van der Waals surface area (Å²) in [7, 11) is 1.67. The van der Waals surface area contributed by atoms with E-state index >= 15 is 0 Å². The van der Waals surface area contributed by atoms with Crippen molar-refractivity contribution in [1.82, 2.24) is 10.6 Å². The SMILES string of the molecule is COc1cccc2c1CCC2NC(=O)N[C@H](C)CCO. The van der Waals surface area contributed by atoms with E-state index < -0.39 is 0 Å². The number of carbonyl (C=O) groups excluding carboxylic acids is 1. The molecule has 0 bridgehead atoms. The molecule has 0 fully saturated rings. The number of hydrogen-bond acceptors (Lipinski definition) is 3. The Morgan fingerprint density at radius 1 is 1.55 bits per heavy atom. The summed E-state index contributed by atoms with van der Waals surface area (Å²) < 4.78 is 5.35. The molecule has 0 spiro atoms. The van der Waals surface area contributed by atoms with Crippen LogP contribution >= 0.6 is 0 Å². The highest BCUT2D eigenvalue weighted by Crippen LogP contribution is 2.36. The van der Waals surface area contributed by atoms with Crippen molar-refractivity contribution < 1.29 is 14.6 Å². The first-order valence-corrected chi connectivity index (χ1v) is 6.99. The fraction of sp³-hybridized carbons (Fsp3) is 0.533. The highest BCUT2D eigenvalue weighted by Gasteiger charge is 2.26. The molecular formula is C15H22N2O3. The van der Waals surface area contributed by atoms with Crippen LogP contribution in [-0.4, -0.2) is 30.9 Å². The number of benzene rings is 1. The Bertz CT molecular complexity index is 476. The second kappa shape index (κ2) is 6.61. The second-order valence-corrected chi connectivity index (χ2v) is 5.15. The number of amides is 2. The molecule has 1 aromatic rings. The Hall–Kier alpha value is -1.75. The maximum atomic E-state index is 11.9. The van der Waals surface area contributed by atoms with Crippen molar-refractivity contribution in [3.63, 3.8) is 0 Å². The van der Waals surface area contributed by atoms with Gasteiger partial charge in [-0.2, -0.15) is 0 Å². The van der Waals surface area contributed by atoms with Crippen LogP contribution < -0.4 is 15.4 Å². The number of ether oxygens (including phenoxy) is 1. The van der Waals surface area contributed by atoms with E-state index in [4.69, 9.17) is 9.84 Å². The lowest BCUT2D eigenvalue weighted by Gasteiger charge is -2.18. The number of methoxy groups -OCH3 is 1. The van der Waals surface area contributed by atoms with Crippen molar-refractivity contribution in [1.29, 1.82) is 0 Å². The highest BCUT2D eigenvalue weighted by atomic mass is 16.5. The average molecular weight is 278 g/mol. The van der Waals surface area contributed by atoms with Crippen LogP contribution in [0.4, 0.5) is 4.79 Å². The van der Waals surface area contributed by atoms with Crippen LogP contribution in [0.2, 0.25) is 0 Å². The molecular weight excluding hydrogens is 256 g/mol. The maximum absolute atomic E-state index is 11.9. The number of aliphatic hydroxyl groups is 1. The number of aliphatic hydroxyl groups excluding tert-OH is 1. The van der Waals surface area contributed by atoms with E-state index in [-0.39, 0.29) is 24.7 Å². The topological polar surface area (TPSA) is 70.6 Å². The van der Waals surface area contributed by atoms with Crippen molar-refractivity contribution in [2.45, 2.75) is 38.3 Å². The zero-order valence-corrected chi connectivity index (χ0v) is 12.0. The summed E-state index contributed by atoms with van der Waals surface area (Å²) in [6.07, 6.45) is 2.36. The third-order valence-corrected chi connectivity index (χ3v) is 3.69. The first-order valence-electron chi connectivity index (χ1n) is 6.99. The third kappa shape index (κ3) is 3.22. The zero-order valence-electron chi connectivity index (χ0n) is 12.0. The molecule has 2 rings (SSSR count). The molecule has 1 aliphatic carbocycles. The number of hydrogen-bond donors (Lipinski definition) is 3. The van der Waals surface area contributed by atoms with Crippen LogP contribution in [0.5, 0.6) is 5.75 Å². The summed E-state index contributed by atoms with van der Waals surface area (Å²) in [5.74, 6) is 0.890. The summed E-state index contributed by atoms with van der Waals surface area (Å²) >= 11 is 0. The van der Waals surface area contributed by atoms with Crippen molar-refractivity contribution in [2.24, 2.45) is 0 Å². The number of urea groups is 1. The first kappa shape index (κ1) is 14.7. The van der Waals surface area contributed by atoms with E-state index in [2.05, 4.69) is 10.6 Å². The van der Waals surface area contributed by atoms with Crippen LogP contribution in [0, 0.1) is 0 Å². The van der Waals surface area contributed by atoms with Gasteiger partial charge in [-0.05, 0) is 43.4 Å². The lowest BCUT2D eigenvalue weighted by molar-refractivity contribution is 0.227. The minimum absolute atomic E-state index is 0.0291. The number of fused-ring (bicyclic) bond motifs is 1. The van der Waals surface area contributed by atoms with E-state index in [0.29, 0.717) is 6.42 Å². The van der Waals surface area contributed by atoms with E-state index in [1.807, 2.05) is 25.1 Å². The summed E-state index contributed by atoms with van der Waals surface area (Å²) in [5, 5.41) is 14.7. The molecule has 2 amide bonds. The Morgan fingerprint density at radius 2 is 2.35 bits per heavy atom. The van der Waals surface area contributed by atoms with E-state index in [9.17, 15) is 4.79 Å². The molecule has 5 heteroatoms. The molecule has 2 atom stereocenters.